The minimum absolute atomic E-state index is 0. The van der Waals surface area contributed by atoms with Crippen LogP contribution in [0.2, 0.25) is 0 Å². The molecule has 1 atom stereocenters. The predicted octanol–water partition coefficient (Wildman–Crippen LogP) is -6.25. The van der Waals surface area contributed by atoms with Gasteiger partial charge in [0.15, 0.2) is 0 Å². The van der Waals surface area contributed by atoms with E-state index in [1.807, 2.05) is 0 Å². The summed E-state index contributed by atoms with van der Waals surface area (Å²) in [6, 6.07) is 0.726. The maximum atomic E-state index is 3.32. The van der Waals surface area contributed by atoms with E-state index in [2.05, 4.69) is 36.3 Å². The van der Waals surface area contributed by atoms with Crippen LogP contribution >= 0.6 is 0 Å². The summed E-state index contributed by atoms with van der Waals surface area (Å²) >= 11 is 2.17. The number of rotatable bonds is 0. The van der Waals surface area contributed by atoms with Crippen LogP contribution in [0.4, 0.5) is 0 Å². The van der Waals surface area contributed by atoms with E-state index in [0.717, 1.165) is 19.1 Å². The van der Waals surface area contributed by atoms with Gasteiger partial charge in [0.25, 0.3) is 0 Å². The fourth-order valence-corrected chi connectivity index (χ4v) is 1.16. The maximum absolute atomic E-state index is 3.32. The number of piperazine rings is 1. The van der Waals surface area contributed by atoms with Crippen LogP contribution in [0.1, 0.15) is 6.92 Å². The first-order valence-electron chi connectivity index (χ1n) is 2.99. The van der Waals surface area contributed by atoms with Gasteiger partial charge in [0.05, 0.1) is 0 Å². The molecular weight excluding hydrogens is 207 g/mol. The van der Waals surface area contributed by atoms with E-state index in [0.29, 0.717) is 0 Å². The number of hydrogen-bond donors (Lipinski definition) is 1. The van der Waals surface area contributed by atoms with E-state index < -0.39 is 0 Å². The molecule has 0 amide bonds. The van der Waals surface area contributed by atoms with Gasteiger partial charge in [-0.2, -0.15) is 0 Å². The van der Waals surface area contributed by atoms with Crippen molar-refractivity contribution < 1.29 is 45.5 Å². The van der Waals surface area contributed by atoms with E-state index in [1.165, 1.54) is 6.54 Å². The Kier molecular flexibility index (Phi) is 9.50. The average molecular weight is 218 g/mol. The van der Waals surface area contributed by atoms with Crippen molar-refractivity contribution in [2.75, 3.05) is 19.6 Å². The van der Waals surface area contributed by atoms with Gasteiger partial charge < -0.3 is 24.8 Å². The van der Waals surface area contributed by atoms with E-state index >= 15 is 0 Å². The normalized spacial score (nSPS) is 26.5. The van der Waals surface area contributed by atoms with Crippen molar-refractivity contribution in [3.63, 3.8) is 0 Å². The quantitative estimate of drug-likeness (QED) is 0.407. The Labute approximate surface area is 86.6 Å². The molecule has 0 aromatic rings. The number of nitrogens with zero attached hydrogens (tertiary/aromatic N) is 1. The monoisotopic (exact) mass is 217 g/mol. The SMILES string of the molecule is CC1CNCC[N]1[Ti+2].[Cl-].[Cl-]. The zero-order valence-corrected chi connectivity index (χ0v) is 8.98. The Morgan fingerprint density at radius 3 is 2.40 bits per heavy atom. The Balaban J connectivity index is 0. The standard InChI is InChI=1S/C5H11N2.2ClH.Ti/c1-5-4-6-2-3-7-5;;;/h5-6H,2-4H2,1H3;2*1H;/q-1;;;+3/p-2. The number of hydrogen-bond acceptors (Lipinski definition) is 2. The molecule has 0 aromatic heterocycles. The summed E-state index contributed by atoms with van der Waals surface area (Å²) in [7, 11) is 0. The van der Waals surface area contributed by atoms with E-state index in [-0.39, 0.29) is 24.8 Å². The molecule has 0 bridgehead atoms. The first kappa shape index (κ1) is 13.8. The van der Waals surface area contributed by atoms with Crippen LogP contribution < -0.4 is 30.1 Å². The molecule has 10 heavy (non-hydrogen) atoms. The topological polar surface area (TPSA) is 15.3 Å². The summed E-state index contributed by atoms with van der Waals surface area (Å²) in [5.41, 5.74) is 0. The number of nitrogens with one attached hydrogen (secondary N) is 1. The summed E-state index contributed by atoms with van der Waals surface area (Å²) < 4.78 is 2.37. The van der Waals surface area contributed by atoms with Gasteiger partial charge in [0, 0.05) is 0 Å². The molecule has 1 aliphatic heterocycles. The van der Waals surface area contributed by atoms with Crippen molar-refractivity contribution in [1.29, 1.82) is 0 Å². The van der Waals surface area contributed by atoms with Crippen LogP contribution in [0.5, 0.6) is 0 Å². The van der Waals surface area contributed by atoms with Crippen molar-refractivity contribution in [3.05, 3.63) is 0 Å². The van der Waals surface area contributed by atoms with Gasteiger partial charge >= 0.3 is 62.0 Å². The van der Waals surface area contributed by atoms with Crippen LogP contribution in [0, 0.1) is 0 Å². The zero-order valence-electron chi connectivity index (χ0n) is 5.90. The van der Waals surface area contributed by atoms with E-state index in [9.17, 15) is 0 Å². The van der Waals surface area contributed by atoms with Gasteiger partial charge in [0.2, 0.25) is 0 Å². The van der Waals surface area contributed by atoms with E-state index in [4.69, 9.17) is 0 Å². The maximum Gasteiger partial charge on any atom is -1.00 e. The third kappa shape index (κ3) is 4.17. The Morgan fingerprint density at radius 1 is 1.50 bits per heavy atom. The zero-order chi connectivity index (χ0) is 5.98. The van der Waals surface area contributed by atoms with Crippen molar-refractivity contribution in [2.24, 2.45) is 0 Å². The number of halogens is 2. The Bertz CT molecular complexity index is 74.0. The second-order valence-electron chi connectivity index (χ2n) is 2.25. The molecule has 1 unspecified atom stereocenters. The molecule has 1 N–H and O–H groups in total. The minimum Gasteiger partial charge on any atom is -1.00 e. The molecule has 0 aromatic carbocycles. The van der Waals surface area contributed by atoms with Gasteiger partial charge in [-0.25, -0.2) is 0 Å². The van der Waals surface area contributed by atoms with Gasteiger partial charge in [-0.1, -0.05) is 0 Å². The molecular formula is C5H11Cl2N2Ti. The smallest absolute Gasteiger partial charge is 1.00 e. The van der Waals surface area contributed by atoms with Crippen molar-refractivity contribution in [3.8, 4) is 0 Å². The van der Waals surface area contributed by atoms with Crippen LogP contribution in [0.25, 0.3) is 0 Å². The van der Waals surface area contributed by atoms with Gasteiger partial charge in [0.1, 0.15) is 0 Å². The summed E-state index contributed by atoms with van der Waals surface area (Å²) in [6.07, 6.45) is 0. The van der Waals surface area contributed by atoms with E-state index in [1.54, 1.807) is 0 Å². The molecule has 0 radical (unpaired) electrons. The third-order valence-electron chi connectivity index (χ3n) is 1.50. The fraction of sp³-hybridized carbons (Fsp3) is 1.00. The van der Waals surface area contributed by atoms with Gasteiger partial charge in [-0.05, 0) is 0 Å². The van der Waals surface area contributed by atoms with Crippen molar-refractivity contribution in [2.45, 2.75) is 13.0 Å². The second kappa shape index (κ2) is 6.90. The molecule has 1 aliphatic rings. The molecule has 59 valence electrons. The first-order valence-corrected chi connectivity index (χ1v) is 3.69. The Hall–Kier alpha value is 1.21. The van der Waals surface area contributed by atoms with Crippen LogP contribution in [0.3, 0.4) is 0 Å². The molecule has 0 saturated carbocycles. The largest absolute Gasteiger partial charge is 1.00 e. The van der Waals surface area contributed by atoms with Crippen LogP contribution in [0.15, 0.2) is 0 Å². The van der Waals surface area contributed by atoms with Gasteiger partial charge in [-0.3, -0.25) is 0 Å². The minimum atomic E-state index is 0. The molecule has 1 fully saturated rings. The molecule has 1 heterocycles. The predicted molar refractivity (Wildman–Crippen MR) is 29.0 cm³/mol. The molecule has 0 aliphatic carbocycles. The molecule has 1 rings (SSSR count). The first-order chi connectivity index (χ1) is 3.80. The average Bonchev–Trinajstić information content (AvgIpc) is 1.77. The molecule has 0 spiro atoms. The second-order valence-corrected chi connectivity index (χ2v) is 3.14. The summed E-state index contributed by atoms with van der Waals surface area (Å²) in [5.74, 6) is 0. The molecule has 5 heteroatoms. The van der Waals surface area contributed by atoms with Crippen LogP contribution in [-0.4, -0.2) is 29.1 Å². The summed E-state index contributed by atoms with van der Waals surface area (Å²) in [4.78, 5) is 0. The summed E-state index contributed by atoms with van der Waals surface area (Å²) in [5, 5.41) is 3.32. The fourth-order valence-electron chi connectivity index (χ4n) is 0.841. The third-order valence-corrected chi connectivity index (χ3v) is 2.54. The molecule has 1 saturated heterocycles. The van der Waals surface area contributed by atoms with Gasteiger partial charge in [-0.15, -0.1) is 0 Å². The Morgan fingerprint density at radius 2 is 2.10 bits per heavy atom. The van der Waals surface area contributed by atoms with Crippen molar-refractivity contribution >= 4 is 0 Å². The molecule has 2 nitrogen and oxygen atoms in total. The summed E-state index contributed by atoms with van der Waals surface area (Å²) in [6.45, 7) is 5.74. The van der Waals surface area contributed by atoms with Crippen LogP contribution in [-0.2, 0) is 20.7 Å². The van der Waals surface area contributed by atoms with Crippen molar-refractivity contribution in [1.82, 2.24) is 8.70 Å².